The average Bonchev–Trinajstić information content (AvgIpc) is 2.28. The molecule has 0 spiro atoms. The van der Waals surface area contributed by atoms with Crippen molar-refractivity contribution in [2.45, 2.75) is 40.0 Å². The van der Waals surface area contributed by atoms with Gasteiger partial charge in [-0.05, 0) is 13.8 Å². The van der Waals surface area contributed by atoms with Crippen LogP contribution >= 0.6 is 0 Å². The molecule has 0 saturated heterocycles. The third-order valence-corrected chi connectivity index (χ3v) is 2.86. The fraction of sp³-hybridized carbons (Fsp3) is 0.615. The minimum atomic E-state index is -0.393. The van der Waals surface area contributed by atoms with E-state index >= 15 is 0 Å². The summed E-state index contributed by atoms with van der Waals surface area (Å²) in [5.41, 5.74) is 11.8. The Labute approximate surface area is 114 Å². The minimum absolute atomic E-state index is 0.122. The lowest BCUT2D eigenvalue weighted by atomic mass is 9.95. The first kappa shape index (κ1) is 15.2. The molecule has 0 bridgehead atoms. The highest BCUT2D eigenvalue weighted by molar-refractivity contribution is 5.79. The standard InChI is InChI=1S/C13H23N5O/c1-6-18(7-9(14)19)11-8(2)10(15)16-12(17-11)13(3,4)5/h6-7H2,1-5H3,(H2,14,19)(H2,15,16,17). The predicted molar refractivity (Wildman–Crippen MR) is 77.0 cm³/mol. The Morgan fingerprint density at radius 1 is 1.32 bits per heavy atom. The topological polar surface area (TPSA) is 98.1 Å². The van der Waals surface area contributed by atoms with E-state index in [9.17, 15) is 4.79 Å². The van der Waals surface area contributed by atoms with Crippen LogP contribution in [-0.4, -0.2) is 29.0 Å². The van der Waals surface area contributed by atoms with E-state index in [0.29, 0.717) is 24.0 Å². The normalized spacial score (nSPS) is 11.4. The van der Waals surface area contributed by atoms with Gasteiger partial charge in [0.15, 0.2) is 0 Å². The largest absolute Gasteiger partial charge is 0.383 e. The quantitative estimate of drug-likeness (QED) is 0.845. The Hall–Kier alpha value is -1.85. The first-order valence-corrected chi connectivity index (χ1v) is 6.34. The minimum Gasteiger partial charge on any atom is -0.383 e. The summed E-state index contributed by atoms with van der Waals surface area (Å²) in [7, 11) is 0. The Kier molecular flexibility index (Phi) is 4.34. The van der Waals surface area contributed by atoms with Crippen molar-refractivity contribution in [1.82, 2.24) is 9.97 Å². The second-order valence-electron chi connectivity index (χ2n) is 5.61. The molecule has 0 fully saturated rings. The lowest BCUT2D eigenvalue weighted by Gasteiger charge is -2.25. The number of hydrogen-bond acceptors (Lipinski definition) is 5. The Bertz CT molecular complexity index is 479. The van der Waals surface area contributed by atoms with E-state index in [4.69, 9.17) is 11.5 Å². The van der Waals surface area contributed by atoms with Crippen molar-refractivity contribution in [3.8, 4) is 0 Å². The molecule has 0 aromatic carbocycles. The van der Waals surface area contributed by atoms with Gasteiger partial charge in [0.2, 0.25) is 5.91 Å². The van der Waals surface area contributed by atoms with Crippen molar-refractivity contribution in [2.24, 2.45) is 5.73 Å². The van der Waals surface area contributed by atoms with E-state index in [1.54, 1.807) is 0 Å². The molecule has 6 heteroatoms. The molecule has 19 heavy (non-hydrogen) atoms. The van der Waals surface area contributed by atoms with Gasteiger partial charge in [-0.3, -0.25) is 4.79 Å². The van der Waals surface area contributed by atoms with Crippen LogP contribution in [0.15, 0.2) is 0 Å². The fourth-order valence-electron chi connectivity index (χ4n) is 1.69. The third kappa shape index (κ3) is 3.56. The first-order chi connectivity index (χ1) is 8.66. The van der Waals surface area contributed by atoms with Crippen LogP contribution in [0.3, 0.4) is 0 Å². The molecule has 0 radical (unpaired) electrons. The molecule has 0 atom stereocenters. The molecule has 1 amide bonds. The van der Waals surface area contributed by atoms with Gasteiger partial charge in [-0.15, -0.1) is 0 Å². The van der Waals surface area contributed by atoms with E-state index < -0.39 is 5.91 Å². The van der Waals surface area contributed by atoms with Gasteiger partial charge in [-0.25, -0.2) is 9.97 Å². The molecule has 1 heterocycles. The number of anilines is 2. The Balaban J connectivity index is 3.32. The van der Waals surface area contributed by atoms with Crippen LogP contribution in [-0.2, 0) is 10.2 Å². The number of rotatable bonds is 4. The van der Waals surface area contributed by atoms with Crippen LogP contribution in [0.4, 0.5) is 11.6 Å². The van der Waals surface area contributed by atoms with Crippen molar-refractivity contribution in [3.05, 3.63) is 11.4 Å². The van der Waals surface area contributed by atoms with E-state index in [1.807, 2.05) is 39.5 Å². The summed E-state index contributed by atoms with van der Waals surface area (Å²) in [6.45, 7) is 10.6. The van der Waals surface area contributed by atoms with Crippen molar-refractivity contribution >= 4 is 17.5 Å². The zero-order valence-electron chi connectivity index (χ0n) is 12.3. The van der Waals surface area contributed by atoms with Crippen molar-refractivity contribution in [2.75, 3.05) is 23.7 Å². The zero-order valence-corrected chi connectivity index (χ0v) is 12.3. The molecule has 0 unspecified atom stereocenters. The maximum absolute atomic E-state index is 11.1. The highest BCUT2D eigenvalue weighted by Crippen LogP contribution is 2.26. The van der Waals surface area contributed by atoms with E-state index in [0.717, 1.165) is 5.56 Å². The van der Waals surface area contributed by atoms with Crippen LogP contribution in [0.5, 0.6) is 0 Å². The molecule has 0 saturated carbocycles. The van der Waals surface area contributed by atoms with Crippen molar-refractivity contribution in [3.63, 3.8) is 0 Å². The van der Waals surface area contributed by atoms with Gasteiger partial charge in [0, 0.05) is 17.5 Å². The molecule has 0 aliphatic heterocycles. The Morgan fingerprint density at radius 2 is 1.89 bits per heavy atom. The number of aromatic nitrogens is 2. The zero-order chi connectivity index (χ0) is 14.8. The van der Waals surface area contributed by atoms with Gasteiger partial charge >= 0.3 is 0 Å². The molecule has 106 valence electrons. The number of carbonyl (C=O) groups is 1. The third-order valence-electron chi connectivity index (χ3n) is 2.86. The number of likely N-dealkylation sites (N-methyl/N-ethyl adjacent to an activating group) is 1. The molecule has 0 aliphatic rings. The molecule has 0 aliphatic carbocycles. The molecule has 1 aromatic heterocycles. The van der Waals surface area contributed by atoms with Gasteiger partial charge in [-0.2, -0.15) is 0 Å². The SMILES string of the molecule is CCN(CC(N)=O)c1nc(C(C)(C)C)nc(N)c1C. The van der Waals surface area contributed by atoms with Gasteiger partial charge in [0.25, 0.3) is 0 Å². The van der Waals surface area contributed by atoms with Crippen LogP contribution in [0.2, 0.25) is 0 Å². The summed E-state index contributed by atoms with van der Waals surface area (Å²) in [5.74, 6) is 1.39. The molecule has 4 N–H and O–H groups in total. The Morgan fingerprint density at radius 3 is 2.32 bits per heavy atom. The summed E-state index contributed by atoms with van der Waals surface area (Å²) in [6.07, 6.45) is 0. The number of nitrogens with two attached hydrogens (primary N) is 2. The van der Waals surface area contributed by atoms with Gasteiger partial charge in [0.1, 0.15) is 17.5 Å². The fourth-order valence-corrected chi connectivity index (χ4v) is 1.69. The first-order valence-electron chi connectivity index (χ1n) is 6.34. The van der Waals surface area contributed by atoms with Crippen LogP contribution < -0.4 is 16.4 Å². The molecular formula is C13H23N5O. The highest BCUT2D eigenvalue weighted by Gasteiger charge is 2.22. The summed E-state index contributed by atoms with van der Waals surface area (Å²) < 4.78 is 0. The second kappa shape index (κ2) is 5.42. The number of amides is 1. The van der Waals surface area contributed by atoms with Gasteiger partial charge in [0.05, 0.1) is 6.54 Å². The van der Waals surface area contributed by atoms with E-state index in [2.05, 4.69) is 9.97 Å². The smallest absolute Gasteiger partial charge is 0.236 e. The summed E-state index contributed by atoms with van der Waals surface area (Å²) in [6, 6.07) is 0. The van der Waals surface area contributed by atoms with Crippen LogP contribution in [0, 0.1) is 6.92 Å². The molecule has 1 rings (SSSR count). The van der Waals surface area contributed by atoms with Gasteiger partial charge < -0.3 is 16.4 Å². The summed E-state index contributed by atoms with van der Waals surface area (Å²) in [5, 5.41) is 0. The van der Waals surface area contributed by atoms with Crippen LogP contribution in [0.25, 0.3) is 0 Å². The predicted octanol–water partition coefficient (Wildman–Crippen LogP) is 0.976. The summed E-state index contributed by atoms with van der Waals surface area (Å²) in [4.78, 5) is 21.8. The maximum Gasteiger partial charge on any atom is 0.236 e. The monoisotopic (exact) mass is 265 g/mol. The molecular weight excluding hydrogens is 242 g/mol. The number of nitrogens with zero attached hydrogens (tertiary/aromatic N) is 3. The lowest BCUT2D eigenvalue weighted by molar-refractivity contribution is -0.116. The number of carbonyl (C=O) groups excluding carboxylic acids is 1. The van der Waals surface area contributed by atoms with E-state index in [-0.39, 0.29) is 12.0 Å². The second-order valence-corrected chi connectivity index (χ2v) is 5.61. The average molecular weight is 265 g/mol. The number of primary amides is 1. The molecule has 6 nitrogen and oxygen atoms in total. The van der Waals surface area contributed by atoms with Crippen molar-refractivity contribution < 1.29 is 4.79 Å². The van der Waals surface area contributed by atoms with Crippen LogP contribution in [0.1, 0.15) is 39.1 Å². The molecule has 1 aromatic rings. The van der Waals surface area contributed by atoms with Crippen molar-refractivity contribution in [1.29, 1.82) is 0 Å². The van der Waals surface area contributed by atoms with Gasteiger partial charge in [-0.1, -0.05) is 20.8 Å². The lowest BCUT2D eigenvalue weighted by Crippen LogP contribution is -2.35. The number of nitrogen functional groups attached to an aromatic ring is 1. The van der Waals surface area contributed by atoms with E-state index in [1.165, 1.54) is 0 Å². The summed E-state index contributed by atoms with van der Waals surface area (Å²) >= 11 is 0. The highest BCUT2D eigenvalue weighted by atomic mass is 16.1. The maximum atomic E-state index is 11.1. The number of hydrogen-bond donors (Lipinski definition) is 2.